The quantitative estimate of drug-likeness (QED) is 0.234. The topological polar surface area (TPSA) is 106 Å². The van der Waals surface area contributed by atoms with Crippen LogP contribution in [0.4, 0.5) is 0 Å². The Morgan fingerprint density at radius 3 is 2.36 bits per heavy atom. The summed E-state index contributed by atoms with van der Waals surface area (Å²) in [5.41, 5.74) is 6.20. The summed E-state index contributed by atoms with van der Waals surface area (Å²) < 4.78 is 6.54. The fraction of sp³-hybridized carbons (Fsp3) is 0.586. The number of hydrazine groups is 1. The number of piperidine rings is 1. The summed E-state index contributed by atoms with van der Waals surface area (Å²) in [6.45, 7) is 4.94. The number of ether oxygens (including phenoxy) is 1. The highest BCUT2D eigenvalue weighted by atomic mass is 35.5. The summed E-state index contributed by atoms with van der Waals surface area (Å²) in [5.74, 6) is -0.316. The molecule has 1 aliphatic rings. The molecule has 1 aromatic carbocycles. The van der Waals surface area contributed by atoms with Crippen LogP contribution in [0.2, 0.25) is 5.02 Å². The van der Waals surface area contributed by atoms with Gasteiger partial charge in [0.1, 0.15) is 0 Å². The number of carbonyl (C=O) groups is 3. The van der Waals surface area contributed by atoms with E-state index >= 15 is 0 Å². The molecule has 0 atom stereocenters. The van der Waals surface area contributed by atoms with Crippen molar-refractivity contribution in [1.29, 1.82) is 0 Å². The number of halogens is 1. The van der Waals surface area contributed by atoms with E-state index in [0.717, 1.165) is 81.3 Å². The molecule has 2 N–H and O–H groups in total. The molecule has 2 amide bonds. The first-order valence-electron chi connectivity index (χ1n) is 14.1. The van der Waals surface area contributed by atoms with E-state index in [-0.39, 0.29) is 17.8 Å². The number of rotatable bonds is 15. The number of carbonyl (C=O) groups excluding carboxylic acids is 3. The van der Waals surface area contributed by atoms with Crippen LogP contribution in [0.15, 0.2) is 24.3 Å². The number of unbranched alkanes of at least 4 members (excludes halogenated alkanes) is 4. The molecule has 0 unspecified atom stereocenters. The number of esters is 1. The van der Waals surface area contributed by atoms with Crippen LogP contribution in [0.1, 0.15) is 86.7 Å². The zero-order valence-corrected chi connectivity index (χ0v) is 24.0. The Hall–Kier alpha value is -2.91. The molecule has 10 heteroatoms. The zero-order chi connectivity index (χ0) is 28.0. The number of nitrogens with one attached hydrogen (secondary N) is 2. The lowest BCUT2D eigenvalue weighted by atomic mass is 10.1. The van der Waals surface area contributed by atoms with Gasteiger partial charge in [-0.25, -0.2) is 5.01 Å². The largest absolute Gasteiger partial charge is 0.469 e. The van der Waals surface area contributed by atoms with Crippen LogP contribution < -0.4 is 10.7 Å². The lowest BCUT2D eigenvalue weighted by Crippen LogP contribution is -2.45. The van der Waals surface area contributed by atoms with Crippen LogP contribution in [0.3, 0.4) is 0 Å². The summed E-state index contributed by atoms with van der Waals surface area (Å²) in [5, 5.41) is 10.3. The van der Waals surface area contributed by atoms with Crippen LogP contribution in [0, 0.1) is 6.92 Å². The maximum atomic E-state index is 13.1. The second-order valence-electron chi connectivity index (χ2n) is 10.1. The van der Waals surface area contributed by atoms with Crippen molar-refractivity contribution in [3.8, 4) is 11.3 Å². The third-order valence-corrected chi connectivity index (χ3v) is 7.27. The van der Waals surface area contributed by atoms with Gasteiger partial charge >= 0.3 is 5.97 Å². The molecule has 39 heavy (non-hydrogen) atoms. The molecule has 3 rings (SSSR count). The van der Waals surface area contributed by atoms with Crippen LogP contribution in [-0.2, 0) is 20.9 Å². The molecule has 0 spiro atoms. The highest BCUT2D eigenvalue weighted by Gasteiger charge is 2.23. The standard InChI is InChI=1S/C29H42ClN5O4/c1-22-27(29(38)33-34-19-9-5-10-20-34)32-35(28(22)23-14-16-24(30)17-15-23)21-11-4-6-12-25(36)31-18-8-3-7-13-26(37)39-2/h14-17H,3-13,18-21H2,1-2H3,(H,31,36)(H,33,38). The molecular formula is C29H42ClN5O4. The molecule has 0 aliphatic carbocycles. The average molecular weight is 560 g/mol. The van der Waals surface area contributed by atoms with Gasteiger partial charge in [0.2, 0.25) is 5.91 Å². The number of hydrogen-bond acceptors (Lipinski definition) is 6. The van der Waals surface area contributed by atoms with Crippen LogP contribution in [0.5, 0.6) is 0 Å². The monoisotopic (exact) mass is 559 g/mol. The van der Waals surface area contributed by atoms with Gasteiger partial charge in [-0.15, -0.1) is 0 Å². The molecule has 2 heterocycles. The molecule has 2 aromatic rings. The van der Waals surface area contributed by atoms with Gasteiger partial charge in [0.15, 0.2) is 5.69 Å². The summed E-state index contributed by atoms with van der Waals surface area (Å²) >= 11 is 6.12. The van der Waals surface area contributed by atoms with E-state index in [0.29, 0.717) is 36.6 Å². The maximum Gasteiger partial charge on any atom is 0.305 e. The van der Waals surface area contributed by atoms with Crippen LogP contribution in [-0.4, -0.2) is 59.3 Å². The molecule has 0 radical (unpaired) electrons. The Morgan fingerprint density at radius 2 is 1.64 bits per heavy atom. The minimum Gasteiger partial charge on any atom is -0.469 e. The zero-order valence-electron chi connectivity index (χ0n) is 23.3. The van der Waals surface area contributed by atoms with E-state index in [1.165, 1.54) is 13.5 Å². The molecule has 0 bridgehead atoms. The van der Waals surface area contributed by atoms with Crippen molar-refractivity contribution >= 4 is 29.4 Å². The summed E-state index contributed by atoms with van der Waals surface area (Å²) in [6.07, 6.45) is 9.27. The lowest BCUT2D eigenvalue weighted by Gasteiger charge is -2.26. The van der Waals surface area contributed by atoms with Crippen LogP contribution in [0.25, 0.3) is 11.3 Å². The van der Waals surface area contributed by atoms with Crippen molar-refractivity contribution in [3.05, 3.63) is 40.5 Å². The second-order valence-corrected chi connectivity index (χ2v) is 10.5. The summed E-state index contributed by atoms with van der Waals surface area (Å²) in [7, 11) is 1.39. The van der Waals surface area contributed by atoms with Crippen molar-refractivity contribution in [3.63, 3.8) is 0 Å². The molecule has 0 saturated carbocycles. The SMILES string of the molecule is COC(=O)CCCCCNC(=O)CCCCCn1nc(C(=O)NN2CCCCC2)c(C)c1-c1ccc(Cl)cc1. The number of methoxy groups -OCH3 is 1. The van der Waals surface area contributed by atoms with E-state index in [9.17, 15) is 14.4 Å². The van der Waals surface area contributed by atoms with Crippen molar-refractivity contribution in [2.24, 2.45) is 0 Å². The van der Waals surface area contributed by atoms with Gasteiger partial charge in [-0.05, 0) is 57.6 Å². The normalized spacial score (nSPS) is 13.7. The van der Waals surface area contributed by atoms with Crippen molar-refractivity contribution in [2.75, 3.05) is 26.7 Å². The number of benzene rings is 1. The van der Waals surface area contributed by atoms with Crippen molar-refractivity contribution in [2.45, 2.75) is 84.1 Å². The lowest BCUT2D eigenvalue weighted by molar-refractivity contribution is -0.140. The van der Waals surface area contributed by atoms with E-state index in [1.807, 2.05) is 40.9 Å². The Balaban J connectivity index is 1.49. The van der Waals surface area contributed by atoms with E-state index in [2.05, 4.69) is 15.5 Å². The van der Waals surface area contributed by atoms with Gasteiger partial charge < -0.3 is 10.1 Å². The minimum atomic E-state index is -0.193. The average Bonchev–Trinajstić information content (AvgIpc) is 3.27. The molecule has 1 aromatic heterocycles. The maximum absolute atomic E-state index is 13.1. The Morgan fingerprint density at radius 1 is 0.949 bits per heavy atom. The van der Waals surface area contributed by atoms with E-state index < -0.39 is 0 Å². The first-order valence-corrected chi connectivity index (χ1v) is 14.5. The second kappa shape index (κ2) is 16.3. The number of aromatic nitrogens is 2. The predicted octanol–water partition coefficient (Wildman–Crippen LogP) is 5.05. The fourth-order valence-electron chi connectivity index (χ4n) is 4.82. The van der Waals surface area contributed by atoms with Gasteiger partial charge in [0, 0.05) is 55.2 Å². The van der Waals surface area contributed by atoms with Crippen molar-refractivity contribution < 1.29 is 19.1 Å². The van der Waals surface area contributed by atoms with Gasteiger partial charge in [0.05, 0.1) is 12.8 Å². The number of amides is 2. The molecule has 214 valence electrons. The molecule has 1 fully saturated rings. The summed E-state index contributed by atoms with van der Waals surface area (Å²) in [4.78, 5) is 36.4. The van der Waals surface area contributed by atoms with Gasteiger partial charge in [-0.3, -0.25) is 24.5 Å². The third kappa shape index (κ3) is 9.97. The highest BCUT2D eigenvalue weighted by Crippen LogP contribution is 2.28. The van der Waals surface area contributed by atoms with Gasteiger partial charge in [-0.2, -0.15) is 5.10 Å². The molecule has 1 aliphatic heterocycles. The Kier molecular flexibility index (Phi) is 12.8. The predicted molar refractivity (Wildman–Crippen MR) is 152 cm³/mol. The van der Waals surface area contributed by atoms with Crippen molar-refractivity contribution in [1.82, 2.24) is 25.5 Å². The number of nitrogens with zero attached hydrogens (tertiary/aromatic N) is 3. The first-order chi connectivity index (χ1) is 18.9. The molecule has 1 saturated heterocycles. The summed E-state index contributed by atoms with van der Waals surface area (Å²) in [6, 6.07) is 7.60. The number of aryl methyl sites for hydroxylation is 1. The van der Waals surface area contributed by atoms with E-state index in [4.69, 9.17) is 16.7 Å². The Bertz CT molecular complexity index is 1080. The molecular weight excluding hydrogens is 518 g/mol. The van der Waals surface area contributed by atoms with Gasteiger partial charge in [-0.1, -0.05) is 43.0 Å². The number of hydrogen-bond donors (Lipinski definition) is 2. The first kappa shape index (κ1) is 30.6. The third-order valence-electron chi connectivity index (χ3n) is 7.02. The fourth-order valence-corrected chi connectivity index (χ4v) is 4.94. The Labute approximate surface area is 236 Å². The van der Waals surface area contributed by atoms with E-state index in [1.54, 1.807) is 0 Å². The minimum absolute atomic E-state index is 0.0522. The molecule has 9 nitrogen and oxygen atoms in total. The highest BCUT2D eigenvalue weighted by molar-refractivity contribution is 6.30. The van der Waals surface area contributed by atoms with Crippen LogP contribution >= 0.6 is 11.6 Å². The smallest absolute Gasteiger partial charge is 0.305 e. The van der Waals surface area contributed by atoms with Gasteiger partial charge in [0.25, 0.3) is 5.91 Å².